The predicted molar refractivity (Wildman–Crippen MR) is 56.7 cm³/mol. The number of alkyl halides is 1. The van der Waals surface area contributed by atoms with E-state index in [-0.39, 0.29) is 12.4 Å². The summed E-state index contributed by atoms with van der Waals surface area (Å²) in [6.07, 6.45) is 0. The first-order chi connectivity index (χ1) is 6.56. The largest absolute Gasteiger partial charge is 0.392 e. The molecule has 1 aromatic carbocycles. The van der Waals surface area contributed by atoms with E-state index >= 15 is 0 Å². The van der Waals surface area contributed by atoms with Crippen molar-refractivity contribution >= 4 is 17.4 Å². The van der Waals surface area contributed by atoms with Gasteiger partial charge in [0.1, 0.15) is 0 Å². The van der Waals surface area contributed by atoms with Gasteiger partial charge in [0.15, 0.2) is 5.78 Å². The molecule has 0 heterocycles. The fourth-order valence-corrected chi connectivity index (χ4v) is 1.36. The first-order valence-corrected chi connectivity index (χ1v) is 4.88. The van der Waals surface area contributed by atoms with Crippen LogP contribution < -0.4 is 0 Å². The summed E-state index contributed by atoms with van der Waals surface area (Å²) < 4.78 is 0. The molecule has 0 aliphatic rings. The van der Waals surface area contributed by atoms with Crippen LogP contribution in [0, 0.1) is 6.92 Å². The van der Waals surface area contributed by atoms with Crippen LogP contribution in [0.2, 0.25) is 0 Å². The zero-order valence-electron chi connectivity index (χ0n) is 8.25. The van der Waals surface area contributed by atoms with E-state index in [9.17, 15) is 4.79 Å². The maximum atomic E-state index is 11.6. The Hall–Kier alpha value is -0.860. The second kappa shape index (κ2) is 4.58. The highest BCUT2D eigenvalue weighted by Gasteiger charge is 2.14. The van der Waals surface area contributed by atoms with Gasteiger partial charge in [-0.05, 0) is 31.0 Å². The summed E-state index contributed by atoms with van der Waals surface area (Å²) in [6.45, 7) is 3.44. The Bertz CT molecular complexity index is 345. The molecule has 0 saturated heterocycles. The van der Waals surface area contributed by atoms with Crippen LogP contribution in [0.15, 0.2) is 18.2 Å². The van der Waals surface area contributed by atoms with E-state index in [0.717, 1.165) is 11.1 Å². The molecule has 0 saturated carbocycles. The molecule has 14 heavy (non-hydrogen) atoms. The van der Waals surface area contributed by atoms with Gasteiger partial charge in [0.25, 0.3) is 0 Å². The van der Waals surface area contributed by atoms with Gasteiger partial charge < -0.3 is 5.11 Å². The quantitative estimate of drug-likeness (QED) is 0.617. The van der Waals surface area contributed by atoms with Gasteiger partial charge in [-0.15, -0.1) is 11.6 Å². The van der Waals surface area contributed by atoms with E-state index in [4.69, 9.17) is 16.7 Å². The lowest BCUT2D eigenvalue weighted by Gasteiger charge is -2.07. The molecule has 1 N–H and O–H groups in total. The Balaban J connectivity index is 3.12. The number of aliphatic hydroxyl groups is 1. The van der Waals surface area contributed by atoms with E-state index in [2.05, 4.69) is 0 Å². The zero-order valence-corrected chi connectivity index (χ0v) is 9.01. The average molecular weight is 213 g/mol. The summed E-state index contributed by atoms with van der Waals surface area (Å²) in [4.78, 5) is 11.6. The van der Waals surface area contributed by atoms with Gasteiger partial charge in [-0.25, -0.2) is 0 Å². The molecule has 3 heteroatoms. The van der Waals surface area contributed by atoms with Crippen LogP contribution in [-0.2, 0) is 6.61 Å². The third-order valence-electron chi connectivity index (χ3n) is 2.11. The molecule has 1 atom stereocenters. The molecule has 0 aromatic heterocycles. The smallest absolute Gasteiger partial charge is 0.180 e. The van der Waals surface area contributed by atoms with Gasteiger partial charge >= 0.3 is 0 Å². The second-order valence-corrected chi connectivity index (χ2v) is 3.94. The molecule has 0 radical (unpaired) electrons. The number of carbonyl (C=O) groups is 1. The second-order valence-electron chi connectivity index (χ2n) is 3.29. The maximum absolute atomic E-state index is 11.6. The van der Waals surface area contributed by atoms with Crippen molar-refractivity contribution in [3.05, 3.63) is 34.9 Å². The number of ketones is 1. The summed E-state index contributed by atoms with van der Waals surface area (Å²) in [5.74, 6) is -0.0977. The number of rotatable bonds is 3. The molecule has 1 unspecified atom stereocenters. The third kappa shape index (κ3) is 2.34. The monoisotopic (exact) mass is 212 g/mol. The molecule has 0 aliphatic carbocycles. The molecule has 1 aromatic rings. The highest BCUT2D eigenvalue weighted by atomic mass is 35.5. The van der Waals surface area contributed by atoms with Crippen molar-refractivity contribution in [3.63, 3.8) is 0 Å². The van der Waals surface area contributed by atoms with Crippen molar-refractivity contribution in [1.29, 1.82) is 0 Å². The van der Waals surface area contributed by atoms with E-state index < -0.39 is 5.38 Å². The van der Waals surface area contributed by atoms with Gasteiger partial charge in [-0.2, -0.15) is 0 Å². The summed E-state index contributed by atoms with van der Waals surface area (Å²) in [5, 5.41) is 8.40. The van der Waals surface area contributed by atoms with E-state index in [1.807, 2.05) is 13.0 Å². The van der Waals surface area contributed by atoms with Crippen LogP contribution in [0.4, 0.5) is 0 Å². The minimum atomic E-state index is -0.525. The number of hydrogen-bond donors (Lipinski definition) is 1. The van der Waals surface area contributed by atoms with Gasteiger partial charge in [0.2, 0.25) is 0 Å². The fraction of sp³-hybridized carbons (Fsp3) is 0.364. The van der Waals surface area contributed by atoms with Crippen molar-refractivity contribution in [2.75, 3.05) is 0 Å². The first kappa shape index (κ1) is 11.2. The standard InChI is InChI=1S/C11H13ClO2/c1-7-3-4-9(6-13)5-10(7)11(14)8(2)12/h3-5,8,13H,6H2,1-2H3. The molecule has 0 amide bonds. The maximum Gasteiger partial charge on any atom is 0.180 e. The Morgan fingerprint density at radius 1 is 1.57 bits per heavy atom. The molecule has 76 valence electrons. The van der Waals surface area contributed by atoms with E-state index in [1.54, 1.807) is 19.1 Å². The van der Waals surface area contributed by atoms with Crippen molar-refractivity contribution in [1.82, 2.24) is 0 Å². The number of hydrogen-bond acceptors (Lipinski definition) is 2. The molecular weight excluding hydrogens is 200 g/mol. The number of carbonyl (C=O) groups excluding carboxylic acids is 1. The highest BCUT2D eigenvalue weighted by molar-refractivity contribution is 6.33. The van der Waals surface area contributed by atoms with Crippen molar-refractivity contribution in [3.8, 4) is 0 Å². The fourth-order valence-electron chi connectivity index (χ4n) is 1.25. The van der Waals surface area contributed by atoms with Crippen molar-refractivity contribution < 1.29 is 9.90 Å². The zero-order chi connectivity index (χ0) is 10.7. The number of aliphatic hydroxyl groups excluding tert-OH is 1. The van der Waals surface area contributed by atoms with Gasteiger partial charge in [-0.1, -0.05) is 12.1 Å². The molecular formula is C11H13ClO2. The summed E-state index contributed by atoms with van der Waals surface area (Å²) >= 11 is 5.72. The molecule has 0 bridgehead atoms. The van der Waals surface area contributed by atoms with Crippen LogP contribution in [0.25, 0.3) is 0 Å². The van der Waals surface area contributed by atoms with Gasteiger partial charge in [-0.3, -0.25) is 4.79 Å². The van der Waals surface area contributed by atoms with E-state index in [0.29, 0.717) is 5.56 Å². The van der Waals surface area contributed by atoms with Crippen LogP contribution in [0.5, 0.6) is 0 Å². The lowest BCUT2D eigenvalue weighted by Crippen LogP contribution is -2.12. The predicted octanol–water partition coefficient (Wildman–Crippen LogP) is 2.30. The number of aryl methyl sites for hydroxylation is 1. The Kier molecular flexibility index (Phi) is 3.67. The molecule has 0 spiro atoms. The van der Waals surface area contributed by atoms with Crippen molar-refractivity contribution in [2.24, 2.45) is 0 Å². The first-order valence-electron chi connectivity index (χ1n) is 4.45. The molecule has 0 aliphatic heterocycles. The number of Topliss-reactive ketones (excluding diaryl/α,β-unsaturated/α-hetero) is 1. The average Bonchev–Trinajstić information content (AvgIpc) is 2.17. The Labute approximate surface area is 88.5 Å². The van der Waals surface area contributed by atoms with Crippen LogP contribution >= 0.6 is 11.6 Å². The summed E-state index contributed by atoms with van der Waals surface area (Å²) in [6, 6.07) is 5.31. The van der Waals surface area contributed by atoms with Crippen LogP contribution in [0.3, 0.4) is 0 Å². The SMILES string of the molecule is Cc1ccc(CO)cc1C(=O)C(C)Cl. The number of halogens is 1. The molecule has 2 nitrogen and oxygen atoms in total. The van der Waals surface area contributed by atoms with Crippen LogP contribution in [-0.4, -0.2) is 16.3 Å². The molecule has 0 fully saturated rings. The topological polar surface area (TPSA) is 37.3 Å². The lowest BCUT2D eigenvalue weighted by molar-refractivity contribution is 0.0991. The minimum absolute atomic E-state index is 0.0583. The Morgan fingerprint density at radius 3 is 2.71 bits per heavy atom. The third-order valence-corrected chi connectivity index (χ3v) is 2.31. The van der Waals surface area contributed by atoms with Gasteiger partial charge in [0, 0.05) is 5.56 Å². The van der Waals surface area contributed by atoms with Crippen molar-refractivity contribution in [2.45, 2.75) is 25.8 Å². The van der Waals surface area contributed by atoms with Crippen LogP contribution in [0.1, 0.15) is 28.4 Å². The minimum Gasteiger partial charge on any atom is -0.392 e. The Morgan fingerprint density at radius 2 is 2.21 bits per heavy atom. The molecule has 1 rings (SSSR count). The lowest BCUT2D eigenvalue weighted by atomic mass is 10.0. The normalized spacial score (nSPS) is 12.6. The number of benzene rings is 1. The summed E-state index contributed by atoms with van der Waals surface area (Å²) in [7, 11) is 0. The van der Waals surface area contributed by atoms with E-state index in [1.165, 1.54) is 0 Å². The highest BCUT2D eigenvalue weighted by Crippen LogP contribution is 2.15. The summed E-state index contributed by atoms with van der Waals surface area (Å²) in [5.41, 5.74) is 2.22. The van der Waals surface area contributed by atoms with Gasteiger partial charge in [0.05, 0.1) is 12.0 Å².